The largest absolute Gasteiger partial charge is 0.493 e. The number of ether oxygens (including phenoxy) is 1. The lowest BCUT2D eigenvalue weighted by atomic mass is 9.93. The molecule has 0 radical (unpaired) electrons. The summed E-state index contributed by atoms with van der Waals surface area (Å²) >= 11 is 2.32. The molecule has 0 amide bonds. The molecule has 0 aliphatic carbocycles. The van der Waals surface area contributed by atoms with E-state index in [9.17, 15) is 0 Å². The van der Waals surface area contributed by atoms with Crippen LogP contribution in [0.2, 0.25) is 0 Å². The average molecular weight is 1100 g/mol. The highest BCUT2D eigenvalue weighted by Crippen LogP contribution is 2.43. The van der Waals surface area contributed by atoms with Crippen LogP contribution in [0.15, 0.2) is 239 Å². The summed E-state index contributed by atoms with van der Waals surface area (Å²) in [5.74, 6) is 2.03. The van der Waals surface area contributed by atoms with E-state index in [1.54, 1.807) is 7.11 Å². The predicted molar refractivity (Wildman–Crippen MR) is 325 cm³/mol. The van der Waals surface area contributed by atoms with Gasteiger partial charge in [-0.1, -0.05) is 194 Å². The lowest BCUT2D eigenvalue weighted by molar-refractivity contribution is 0.412. The molecule has 0 aliphatic rings. The molecule has 0 atom stereocenters. The van der Waals surface area contributed by atoms with E-state index in [-0.39, 0.29) is 0 Å². The molecule has 16 rings (SSSR count). The highest BCUT2D eigenvalue weighted by molar-refractivity contribution is 14.1. The minimum Gasteiger partial charge on any atom is -0.493 e. The topological polar surface area (TPSA) is 87.1 Å². The molecule has 0 spiro atoms. The number of para-hydroxylation sites is 2. The molecule has 0 unspecified atom stereocenters. The van der Waals surface area contributed by atoms with Crippen LogP contribution in [0.3, 0.4) is 0 Å². The first-order chi connectivity index (χ1) is 38.1. The van der Waals surface area contributed by atoms with Gasteiger partial charge < -0.3 is 13.6 Å². The van der Waals surface area contributed by atoms with Gasteiger partial charge in [-0.25, -0.2) is 19.9 Å². The van der Waals surface area contributed by atoms with Crippen molar-refractivity contribution in [2.45, 2.75) is 0 Å². The Kier molecular flexibility index (Phi) is 10.6. The number of benzene rings is 12. The van der Waals surface area contributed by atoms with Crippen LogP contribution in [-0.2, 0) is 0 Å². The van der Waals surface area contributed by atoms with Gasteiger partial charge in [0.1, 0.15) is 22.4 Å². The smallest absolute Gasteiger partial charge is 0.180 e. The van der Waals surface area contributed by atoms with Crippen LogP contribution in [0.5, 0.6) is 5.75 Å². The number of nitrogens with zero attached hydrogens (tertiary/aromatic N) is 4. The molecular formula is C69H41IN4O3. The summed E-state index contributed by atoms with van der Waals surface area (Å²) < 4.78 is 19.4. The Morgan fingerprint density at radius 1 is 0.299 bits per heavy atom. The third kappa shape index (κ3) is 7.31. The number of halogens is 1. The molecule has 16 aromatic rings. The predicted octanol–water partition coefficient (Wildman–Crippen LogP) is 19.0. The Morgan fingerprint density at radius 3 is 1.08 bits per heavy atom. The maximum Gasteiger partial charge on any atom is 0.180 e. The number of furan rings is 2. The summed E-state index contributed by atoms with van der Waals surface area (Å²) in [5, 5.41) is 16.7. The summed E-state index contributed by atoms with van der Waals surface area (Å²) in [6, 6.07) is 80.1. The summed E-state index contributed by atoms with van der Waals surface area (Å²) in [6.07, 6.45) is 0. The lowest BCUT2D eigenvalue weighted by Crippen LogP contribution is -1.94. The van der Waals surface area contributed by atoms with Crippen LogP contribution in [0.4, 0.5) is 0 Å². The van der Waals surface area contributed by atoms with Gasteiger partial charge in [0.05, 0.1) is 16.1 Å². The number of methoxy groups -OCH3 is 1. The van der Waals surface area contributed by atoms with Crippen LogP contribution >= 0.6 is 22.6 Å². The van der Waals surface area contributed by atoms with Crippen LogP contribution in [-0.4, -0.2) is 27.0 Å². The van der Waals surface area contributed by atoms with E-state index in [0.29, 0.717) is 28.6 Å². The van der Waals surface area contributed by atoms with E-state index < -0.39 is 0 Å². The van der Waals surface area contributed by atoms with Crippen molar-refractivity contribution >= 4 is 131 Å². The Bertz CT molecular complexity index is 4980. The van der Waals surface area contributed by atoms with E-state index in [1.807, 2.05) is 54.6 Å². The van der Waals surface area contributed by atoms with Gasteiger partial charge in [0.15, 0.2) is 39.7 Å². The SMILES string of the molecule is COc1cccc2c1oc1c(-c3ccccc3)nc(-c3ccc4c5ccccc5c5ccccc5c4c3)nc12.Ic1cccc2c1oc1c(-c3ccccc3)nc(-c3ccc4c5ccccc5c5ccccc5c4c3)nc12. The third-order valence-corrected chi connectivity index (χ3v) is 15.8. The standard InChI is InChI=1S/C35H22N2O2.C34H19IN2O/c1-38-30-17-9-16-28-32-34(39-33(28)30)31(21-10-3-2-4-11-21)36-35(37-32)22-18-19-27-25-14-6-5-12-23(25)24-13-7-8-15-26(24)29(27)20-22;35-29-16-8-15-27-31-33(38-32(27)29)30(20-9-2-1-3-10-20)36-34(37-31)21-17-18-26-24-13-5-4-11-22(24)23-12-6-7-14-25(23)28(26)19-21/h2-20H,1H3;1-19H. The Morgan fingerprint density at radius 2 is 0.649 bits per heavy atom. The molecular weight excluding hydrogens is 1060 g/mol. The monoisotopic (exact) mass is 1100 g/mol. The summed E-state index contributed by atoms with van der Waals surface area (Å²) in [6.45, 7) is 0. The van der Waals surface area contributed by atoms with Gasteiger partial charge in [0.25, 0.3) is 0 Å². The minimum atomic E-state index is 0.654. The maximum absolute atomic E-state index is 6.40. The zero-order chi connectivity index (χ0) is 51.1. The Hall–Kier alpha value is -9.51. The van der Waals surface area contributed by atoms with Gasteiger partial charge in [-0.2, -0.15) is 0 Å². The van der Waals surface area contributed by atoms with Crippen molar-refractivity contribution in [1.82, 2.24) is 19.9 Å². The van der Waals surface area contributed by atoms with Crippen molar-refractivity contribution in [2.75, 3.05) is 7.11 Å². The first-order valence-electron chi connectivity index (χ1n) is 25.5. The molecule has 0 fully saturated rings. The minimum absolute atomic E-state index is 0.654. The lowest BCUT2D eigenvalue weighted by Gasteiger charge is -2.12. The van der Waals surface area contributed by atoms with E-state index in [1.165, 1.54) is 64.6 Å². The van der Waals surface area contributed by atoms with E-state index in [2.05, 4.69) is 199 Å². The first-order valence-corrected chi connectivity index (χ1v) is 26.6. The molecule has 0 saturated carbocycles. The summed E-state index contributed by atoms with van der Waals surface area (Å²) in [5.41, 5.74) is 10.0. The van der Waals surface area contributed by atoms with Crippen molar-refractivity contribution in [2.24, 2.45) is 0 Å². The average Bonchev–Trinajstić information content (AvgIpc) is 4.20. The summed E-state index contributed by atoms with van der Waals surface area (Å²) in [4.78, 5) is 20.4. The van der Waals surface area contributed by atoms with Crippen molar-refractivity contribution < 1.29 is 13.6 Å². The zero-order valence-electron chi connectivity index (χ0n) is 41.3. The fourth-order valence-corrected chi connectivity index (χ4v) is 12.0. The number of rotatable bonds is 5. The number of aromatic nitrogens is 4. The van der Waals surface area contributed by atoms with Gasteiger partial charge in [0.2, 0.25) is 0 Å². The van der Waals surface area contributed by atoms with Crippen molar-refractivity contribution in [3.63, 3.8) is 0 Å². The van der Waals surface area contributed by atoms with Gasteiger partial charge in [-0.15, -0.1) is 0 Å². The molecule has 12 aromatic carbocycles. The van der Waals surface area contributed by atoms with Crippen LogP contribution in [0.25, 0.3) is 154 Å². The van der Waals surface area contributed by atoms with Crippen LogP contribution in [0.1, 0.15) is 0 Å². The first kappa shape index (κ1) is 44.9. The molecule has 0 saturated heterocycles. The van der Waals surface area contributed by atoms with Gasteiger partial charge in [-0.3, -0.25) is 0 Å². The van der Waals surface area contributed by atoms with E-state index in [0.717, 1.165) is 70.2 Å². The molecule has 0 aliphatic heterocycles. The number of hydrogen-bond acceptors (Lipinski definition) is 7. The van der Waals surface area contributed by atoms with Crippen molar-refractivity contribution in [3.05, 3.63) is 234 Å². The fourth-order valence-electron chi connectivity index (χ4n) is 11.4. The number of fused-ring (bicyclic) bond motifs is 18. The van der Waals surface area contributed by atoms with Crippen molar-refractivity contribution in [1.29, 1.82) is 0 Å². The molecule has 4 aromatic heterocycles. The summed E-state index contributed by atoms with van der Waals surface area (Å²) in [7, 11) is 1.65. The molecule has 0 bridgehead atoms. The quantitative estimate of drug-likeness (QED) is 0.125. The Balaban J connectivity index is 0.000000134. The zero-order valence-corrected chi connectivity index (χ0v) is 43.5. The molecule has 77 heavy (non-hydrogen) atoms. The van der Waals surface area contributed by atoms with Crippen LogP contribution < -0.4 is 4.74 Å². The highest BCUT2D eigenvalue weighted by Gasteiger charge is 2.22. The van der Waals surface area contributed by atoms with Gasteiger partial charge in [-0.05, 0) is 124 Å². The van der Waals surface area contributed by atoms with Gasteiger partial charge >= 0.3 is 0 Å². The van der Waals surface area contributed by atoms with E-state index in [4.69, 9.17) is 33.5 Å². The fraction of sp³-hybridized carbons (Fsp3) is 0.0145. The molecule has 4 heterocycles. The number of hydrogen-bond donors (Lipinski definition) is 0. The second kappa shape index (κ2) is 18.1. The highest BCUT2D eigenvalue weighted by atomic mass is 127. The third-order valence-electron chi connectivity index (χ3n) is 14.9. The molecule has 8 heteroatoms. The maximum atomic E-state index is 6.40. The normalized spacial score (nSPS) is 11.8. The molecule has 362 valence electrons. The van der Waals surface area contributed by atoms with E-state index >= 15 is 0 Å². The van der Waals surface area contributed by atoms with Crippen molar-refractivity contribution in [3.8, 4) is 51.0 Å². The molecule has 0 N–H and O–H groups in total. The second-order valence-electron chi connectivity index (χ2n) is 19.2. The van der Waals surface area contributed by atoms with Crippen LogP contribution in [0, 0.1) is 3.57 Å². The Labute approximate surface area is 454 Å². The second-order valence-corrected chi connectivity index (χ2v) is 20.4. The van der Waals surface area contributed by atoms with Gasteiger partial charge in [0, 0.05) is 27.6 Å². The molecule has 7 nitrogen and oxygen atoms in total.